The van der Waals surface area contributed by atoms with Crippen molar-refractivity contribution in [2.24, 2.45) is 0 Å². The number of hydrogen-bond acceptors (Lipinski definition) is 9. The van der Waals surface area contributed by atoms with E-state index in [2.05, 4.69) is 15.0 Å². The molecule has 13 heteroatoms. The number of aliphatic hydroxyl groups is 2. The Morgan fingerprint density at radius 1 is 1.28 bits per heavy atom. The molecule has 161 valence electrons. The van der Waals surface area contributed by atoms with Crippen molar-refractivity contribution in [2.45, 2.75) is 69.2 Å². The molecule has 3 rings (SSSR count). The summed E-state index contributed by atoms with van der Waals surface area (Å²) in [6, 6.07) is 0. The average Bonchev–Trinajstić information content (AvgIpc) is 3.15. The molecule has 1 aliphatic rings. The normalized spacial score (nSPS) is 27.4. The lowest BCUT2D eigenvalue weighted by Gasteiger charge is -2.44. The van der Waals surface area contributed by atoms with Gasteiger partial charge in [0.05, 0.1) is 20.1 Å². The summed E-state index contributed by atoms with van der Waals surface area (Å²) in [5, 5.41) is 21.2. The summed E-state index contributed by atoms with van der Waals surface area (Å²) < 4.78 is 24.4. The van der Waals surface area contributed by atoms with Crippen molar-refractivity contribution in [2.75, 3.05) is 5.73 Å². The van der Waals surface area contributed by atoms with Gasteiger partial charge >= 0.3 is 8.25 Å². The molecule has 2 aromatic rings. The van der Waals surface area contributed by atoms with Gasteiger partial charge in [-0.15, -0.1) is 0 Å². The van der Waals surface area contributed by atoms with Gasteiger partial charge < -0.3 is 20.7 Å². The maximum absolute atomic E-state index is 11.6. The fraction of sp³-hybridized carbons (Fsp3) is 0.688. The molecule has 2 aromatic heterocycles. The van der Waals surface area contributed by atoms with Crippen LogP contribution in [0.3, 0.4) is 0 Å². The first-order valence-corrected chi connectivity index (χ1v) is 13.3. The topological polar surface area (TPSA) is 166 Å². The molecule has 1 aliphatic heterocycles. The van der Waals surface area contributed by atoms with Crippen molar-refractivity contribution < 1.29 is 28.9 Å². The third kappa shape index (κ3) is 3.81. The van der Waals surface area contributed by atoms with Crippen LogP contribution in [-0.4, -0.2) is 66.7 Å². The maximum Gasteiger partial charge on any atom is 0.366 e. The number of aliphatic hydroxyl groups excluding tert-OH is 2. The van der Waals surface area contributed by atoms with Crippen LogP contribution in [0, 0.1) is 0 Å². The lowest BCUT2D eigenvalue weighted by molar-refractivity contribution is -0.0597. The SMILES string of the molecule is CC(C)(C)[Si](C)(C)C(O[P](=O)O)[C@H]1O[C@@H](n2cnc3c(N)ncnc32)[C@H](O)[C@@H]1O. The molecule has 1 fully saturated rings. The number of nitrogens with two attached hydrogens (primary N) is 1. The van der Waals surface area contributed by atoms with Crippen LogP contribution in [0.4, 0.5) is 5.82 Å². The van der Waals surface area contributed by atoms with Gasteiger partial charge in [0.15, 0.2) is 17.7 Å². The Labute approximate surface area is 169 Å². The Kier molecular flexibility index (Phi) is 5.82. The summed E-state index contributed by atoms with van der Waals surface area (Å²) in [5.74, 6) is 0.179. The fourth-order valence-corrected chi connectivity index (χ4v) is 6.94. The van der Waals surface area contributed by atoms with Crippen LogP contribution in [0.5, 0.6) is 0 Å². The lowest BCUT2D eigenvalue weighted by Crippen LogP contribution is -2.58. The largest absolute Gasteiger partial charge is 0.387 e. The van der Waals surface area contributed by atoms with E-state index in [1.54, 1.807) is 0 Å². The van der Waals surface area contributed by atoms with Crippen LogP contribution in [-0.2, 0) is 13.8 Å². The van der Waals surface area contributed by atoms with E-state index in [4.69, 9.17) is 15.0 Å². The summed E-state index contributed by atoms with van der Waals surface area (Å²) in [5.41, 5.74) is 5.65. The van der Waals surface area contributed by atoms with Gasteiger partial charge in [-0.3, -0.25) is 14.0 Å². The third-order valence-electron chi connectivity index (χ3n) is 6.08. The molecule has 1 saturated heterocycles. The van der Waals surface area contributed by atoms with Gasteiger partial charge in [0.25, 0.3) is 0 Å². The molecule has 0 bridgehead atoms. The molecule has 11 nitrogen and oxygen atoms in total. The second-order valence-electron chi connectivity index (χ2n) is 8.79. The summed E-state index contributed by atoms with van der Waals surface area (Å²) in [6.45, 7) is 10.0. The molecule has 29 heavy (non-hydrogen) atoms. The molecular formula is C16H27N5O6PSi. The van der Waals surface area contributed by atoms with Gasteiger partial charge in [-0.25, -0.2) is 19.5 Å². The fourth-order valence-electron chi connectivity index (χ4n) is 3.35. The third-order valence-corrected chi connectivity index (χ3v) is 12.4. The standard InChI is InChI=1S/C16H27N5O6PSi/c1-16(2,3)29(4,5)15(27-28(24)25)11-9(22)10(23)14(26-11)21-7-20-8-12(17)18-6-19-13(8)21/h6-7,9-11,14-15,22-23H,1-5H3,(H,24,25)(H2,17,18,19)/t9-,10+,11-,14+,15?/m0/s1. The van der Waals surface area contributed by atoms with Crippen molar-refractivity contribution in [1.82, 2.24) is 19.5 Å². The molecule has 6 atom stereocenters. The van der Waals surface area contributed by atoms with Gasteiger partial charge in [0.2, 0.25) is 0 Å². The summed E-state index contributed by atoms with van der Waals surface area (Å²) >= 11 is 0. The highest BCUT2D eigenvalue weighted by molar-refractivity contribution is 7.32. The van der Waals surface area contributed by atoms with E-state index >= 15 is 0 Å². The Hall–Kier alpha value is -1.53. The first kappa shape index (κ1) is 22.2. The zero-order chi connectivity index (χ0) is 21.7. The highest BCUT2D eigenvalue weighted by atomic mass is 31.1. The smallest absolute Gasteiger partial charge is 0.366 e. The summed E-state index contributed by atoms with van der Waals surface area (Å²) in [4.78, 5) is 21.6. The number of rotatable bonds is 5. The van der Waals surface area contributed by atoms with E-state index in [9.17, 15) is 19.7 Å². The van der Waals surface area contributed by atoms with Gasteiger partial charge in [-0.2, -0.15) is 0 Å². The molecule has 0 amide bonds. The Balaban J connectivity index is 2.00. The lowest BCUT2D eigenvalue weighted by atomic mass is 10.1. The van der Waals surface area contributed by atoms with Crippen molar-refractivity contribution in [3.05, 3.63) is 12.7 Å². The number of nitrogen functional groups attached to an aromatic ring is 1. The van der Waals surface area contributed by atoms with E-state index in [0.29, 0.717) is 11.2 Å². The predicted molar refractivity (Wildman–Crippen MR) is 108 cm³/mol. The Morgan fingerprint density at radius 2 is 1.93 bits per heavy atom. The minimum absolute atomic E-state index is 0.179. The Bertz CT molecular complexity index is 919. The van der Waals surface area contributed by atoms with Crippen LogP contribution in [0.2, 0.25) is 18.1 Å². The van der Waals surface area contributed by atoms with Crippen molar-refractivity contribution in [1.29, 1.82) is 0 Å². The van der Waals surface area contributed by atoms with Gasteiger partial charge in [-0.1, -0.05) is 33.9 Å². The minimum Gasteiger partial charge on any atom is -0.387 e. The number of anilines is 1. The first-order chi connectivity index (χ1) is 13.4. The van der Waals surface area contributed by atoms with E-state index in [-0.39, 0.29) is 10.9 Å². The second kappa shape index (κ2) is 7.62. The van der Waals surface area contributed by atoms with Crippen LogP contribution >= 0.6 is 8.25 Å². The highest BCUT2D eigenvalue weighted by Gasteiger charge is 2.56. The molecule has 0 saturated carbocycles. The molecule has 2 unspecified atom stereocenters. The number of imidazole rings is 1. The second-order valence-corrected chi connectivity index (χ2v) is 15.0. The number of ether oxygens (including phenoxy) is 1. The Morgan fingerprint density at radius 3 is 2.52 bits per heavy atom. The molecule has 0 spiro atoms. The monoisotopic (exact) mass is 444 g/mol. The summed E-state index contributed by atoms with van der Waals surface area (Å²) in [7, 11) is -5.38. The molecule has 1 radical (unpaired) electrons. The maximum atomic E-state index is 11.6. The van der Waals surface area contributed by atoms with Gasteiger partial charge in [0, 0.05) is 0 Å². The summed E-state index contributed by atoms with van der Waals surface area (Å²) in [6.07, 6.45) is -2.05. The van der Waals surface area contributed by atoms with E-state index in [1.165, 1.54) is 17.2 Å². The molecule has 0 aromatic carbocycles. The van der Waals surface area contributed by atoms with E-state index < -0.39 is 46.6 Å². The van der Waals surface area contributed by atoms with Crippen molar-refractivity contribution in [3.8, 4) is 0 Å². The zero-order valence-corrected chi connectivity index (χ0v) is 18.8. The molecular weight excluding hydrogens is 417 g/mol. The van der Waals surface area contributed by atoms with Gasteiger partial charge in [-0.05, 0) is 5.04 Å². The number of nitrogens with zero attached hydrogens (tertiary/aromatic N) is 4. The van der Waals surface area contributed by atoms with E-state index in [0.717, 1.165) is 0 Å². The van der Waals surface area contributed by atoms with Crippen LogP contribution in [0.15, 0.2) is 12.7 Å². The van der Waals surface area contributed by atoms with Crippen LogP contribution in [0.25, 0.3) is 11.2 Å². The highest BCUT2D eigenvalue weighted by Crippen LogP contribution is 2.46. The first-order valence-electron chi connectivity index (χ1n) is 9.13. The number of aromatic nitrogens is 4. The van der Waals surface area contributed by atoms with Crippen LogP contribution < -0.4 is 5.73 Å². The van der Waals surface area contributed by atoms with Crippen molar-refractivity contribution >= 4 is 33.3 Å². The molecule has 0 aliphatic carbocycles. The van der Waals surface area contributed by atoms with E-state index in [1.807, 2.05) is 33.9 Å². The van der Waals surface area contributed by atoms with Gasteiger partial charge in [0.1, 0.15) is 30.2 Å². The number of hydrogen-bond donors (Lipinski definition) is 4. The average molecular weight is 444 g/mol. The quantitative estimate of drug-likeness (QED) is 0.387. The number of fused-ring (bicyclic) bond motifs is 1. The molecule has 3 heterocycles. The van der Waals surface area contributed by atoms with Crippen molar-refractivity contribution in [3.63, 3.8) is 0 Å². The minimum atomic E-state index is -2.94. The molecule has 5 N–H and O–H groups in total. The predicted octanol–water partition coefficient (Wildman–Crippen LogP) is 1.11. The van der Waals surface area contributed by atoms with Crippen LogP contribution in [0.1, 0.15) is 27.0 Å². The zero-order valence-electron chi connectivity index (χ0n) is 16.9.